The molecule has 0 spiro atoms. The Morgan fingerprint density at radius 3 is 2.57 bits per heavy atom. The van der Waals surface area contributed by atoms with Gasteiger partial charge in [-0.05, 0) is 50.0 Å². The zero-order valence-electron chi connectivity index (χ0n) is 12.7. The van der Waals surface area contributed by atoms with E-state index in [1.807, 2.05) is 0 Å². The first-order chi connectivity index (χ1) is 9.95. The van der Waals surface area contributed by atoms with Crippen LogP contribution in [-0.4, -0.2) is 56.0 Å². The van der Waals surface area contributed by atoms with Crippen LogP contribution in [0.1, 0.15) is 24.0 Å². The van der Waals surface area contributed by atoms with Gasteiger partial charge in [-0.25, -0.2) is 8.42 Å². The molecule has 0 saturated carbocycles. The number of aliphatic hydroxyl groups excluding tert-OH is 1. The highest BCUT2D eigenvalue weighted by Gasteiger charge is 2.24. The summed E-state index contributed by atoms with van der Waals surface area (Å²) in [6, 6.07) is 5.06. The molecule has 1 aromatic carbocycles. The third-order valence-electron chi connectivity index (χ3n) is 4.05. The van der Waals surface area contributed by atoms with Crippen molar-refractivity contribution in [1.29, 1.82) is 0 Å². The number of likely N-dealkylation sites (tertiary alicyclic amines) is 1. The van der Waals surface area contributed by atoms with Crippen LogP contribution in [0.4, 0.5) is 0 Å². The number of benzene rings is 1. The maximum Gasteiger partial charge on any atom is 0.243 e. The number of hydrogen-bond donors (Lipinski definition) is 1. The van der Waals surface area contributed by atoms with Crippen LogP contribution < -0.4 is 0 Å². The lowest BCUT2D eigenvalue weighted by molar-refractivity contribution is 0.281. The Bertz CT molecular complexity index is 581. The molecule has 1 heterocycles. The minimum absolute atomic E-state index is 0.152. The maximum absolute atomic E-state index is 12.7. The normalized spacial score (nSPS) is 16.8. The van der Waals surface area contributed by atoms with Gasteiger partial charge in [0.2, 0.25) is 10.0 Å². The first-order valence-corrected chi connectivity index (χ1v) is 8.78. The summed E-state index contributed by atoms with van der Waals surface area (Å²) in [7, 11) is -1.88. The first-order valence-electron chi connectivity index (χ1n) is 7.34. The second kappa shape index (κ2) is 6.87. The molecule has 0 radical (unpaired) electrons. The summed E-state index contributed by atoms with van der Waals surface area (Å²) >= 11 is 0. The highest BCUT2D eigenvalue weighted by molar-refractivity contribution is 7.89. The van der Waals surface area contributed by atoms with Crippen molar-refractivity contribution < 1.29 is 13.5 Å². The van der Waals surface area contributed by atoms with Crippen LogP contribution in [0.3, 0.4) is 0 Å². The lowest BCUT2D eigenvalue weighted by atomic mass is 10.2. The van der Waals surface area contributed by atoms with Gasteiger partial charge in [-0.3, -0.25) is 0 Å². The molecule has 1 saturated heterocycles. The smallest absolute Gasteiger partial charge is 0.243 e. The minimum atomic E-state index is -3.50. The van der Waals surface area contributed by atoms with Gasteiger partial charge in [-0.1, -0.05) is 12.1 Å². The van der Waals surface area contributed by atoms with Crippen LogP contribution in [0, 0.1) is 6.92 Å². The van der Waals surface area contributed by atoms with Gasteiger partial charge in [0.05, 0.1) is 11.5 Å². The van der Waals surface area contributed by atoms with Crippen LogP contribution in [0.25, 0.3) is 0 Å². The molecule has 118 valence electrons. The van der Waals surface area contributed by atoms with E-state index in [-0.39, 0.29) is 11.5 Å². The maximum atomic E-state index is 12.7. The summed E-state index contributed by atoms with van der Waals surface area (Å²) in [4.78, 5) is 2.58. The van der Waals surface area contributed by atoms with Gasteiger partial charge in [0.1, 0.15) is 0 Å². The predicted octanol–water partition coefficient (Wildman–Crippen LogP) is 1.20. The predicted molar refractivity (Wildman–Crippen MR) is 82.6 cm³/mol. The van der Waals surface area contributed by atoms with Gasteiger partial charge in [-0.15, -0.1) is 0 Å². The molecule has 0 amide bonds. The summed E-state index contributed by atoms with van der Waals surface area (Å²) in [5, 5.41) is 9.19. The van der Waals surface area contributed by atoms with Crippen LogP contribution in [0.2, 0.25) is 0 Å². The Morgan fingerprint density at radius 2 is 1.95 bits per heavy atom. The molecular weight excluding hydrogens is 288 g/mol. The fraction of sp³-hybridized carbons (Fsp3) is 0.600. The molecule has 1 aliphatic rings. The van der Waals surface area contributed by atoms with Crippen LogP contribution in [-0.2, 0) is 16.6 Å². The van der Waals surface area contributed by atoms with Gasteiger partial charge >= 0.3 is 0 Å². The van der Waals surface area contributed by atoms with E-state index in [1.165, 1.54) is 17.1 Å². The Kier molecular flexibility index (Phi) is 5.37. The topological polar surface area (TPSA) is 60.9 Å². The van der Waals surface area contributed by atoms with Gasteiger partial charge in [0.15, 0.2) is 0 Å². The van der Waals surface area contributed by atoms with Crippen molar-refractivity contribution in [2.45, 2.75) is 31.3 Å². The van der Waals surface area contributed by atoms with Gasteiger partial charge in [0.25, 0.3) is 0 Å². The highest BCUT2D eigenvalue weighted by Crippen LogP contribution is 2.21. The molecule has 0 aromatic heterocycles. The monoisotopic (exact) mass is 312 g/mol. The molecule has 0 unspecified atom stereocenters. The fourth-order valence-electron chi connectivity index (χ4n) is 2.60. The number of sulfonamides is 1. The number of rotatable bonds is 6. The summed E-state index contributed by atoms with van der Waals surface area (Å²) in [5.41, 5.74) is 1.33. The third-order valence-corrected chi connectivity index (χ3v) is 6.05. The molecule has 0 atom stereocenters. The second-order valence-corrected chi connectivity index (χ2v) is 7.65. The number of likely N-dealkylation sites (N-methyl/N-ethyl adjacent to an activating group) is 1. The van der Waals surface area contributed by atoms with Gasteiger partial charge in [0, 0.05) is 20.1 Å². The number of nitrogens with zero attached hydrogens (tertiary/aromatic N) is 2. The van der Waals surface area contributed by atoms with E-state index in [0.29, 0.717) is 17.7 Å². The Balaban J connectivity index is 2.12. The molecule has 21 heavy (non-hydrogen) atoms. The molecule has 1 N–H and O–H groups in total. The largest absolute Gasteiger partial charge is 0.392 e. The number of hydrogen-bond acceptors (Lipinski definition) is 4. The molecule has 5 nitrogen and oxygen atoms in total. The van der Waals surface area contributed by atoms with Crippen molar-refractivity contribution in [2.75, 3.05) is 33.2 Å². The van der Waals surface area contributed by atoms with E-state index < -0.39 is 10.0 Å². The van der Waals surface area contributed by atoms with Crippen molar-refractivity contribution in [3.8, 4) is 0 Å². The number of aryl methyl sites for hydroxylation is 1. The summed E-state index contributed by atoms with van der Waals surface area (Å²) in [6.45, 7) is 5.02. The van der Waals surface area contributed by atoms with E-state index in [1.54, 1.807) is 32.2 Å². The molecule has 1 aromatic rings. The van der Waals surface area contributed by atoms with Crippen LogP contribution in [0.5, 0.6) is 0 Å². The Hall–Kier alpha value is -0.950. The zero-order valence-corrected chi connectivity index (χ0v) is 13.6. The average Bonchev–Trinajstić information content (AvgIpc) is 2.98. The third kappa shape index (κ3) is 3.83. The Morgan fingerprint density at radius 1 is 1.29 bits per heavy atom. The van der Waals surface area contributed by atoms with E-state index >= 15 is 0 Å². The molecule has 2 rings (SSSR count). The van der Waals surface area contributed by atoms with E-state index in [0.717, 1.165) is 19.6 Å². The van der Waals surface area contributed by atoms with E-state index in [2.05, 4.69) is 4.90 Å². The average molecular weight is 312 g/mol. The van der Waals surface area contributed by atoms with Crippen molar-refractivity contribution in [2.24, 2.45) is 0 Å². The van der Waals surface area contributed by atoms with Crippen LogP contribution >= 0.6 is 0 Å². The second-order valence-electron chi connectivity index (χ2n) is 5.63. The summed E-state index contributed by atoms with van der Waals surface area (Å²) < 4.78 is 26.7. The van der Waals surface area contributed by atoms with Gasteiger partial charge < -0.3 is 10.0 Å². The number of aliphatic hydroxyl groups is 1. The van der Waals surface area contributed by atoms with Crippen LogP contribution in [0.15, 0.2) is 23.1 Å². The molecule has 0 bridgehead atoms. The van der Waals surface area contributed by atoms with E-state index in [9.17, 15) is 13.5 Å². The first kappa shape index (κ1) is 16.4. The fourth-order valence-corrected chi connectivity index (χ4v) is 4.03. The molecule has 6 heteroatoms. The Labute approximate surface area is 127 Å². The quantitative estimate of drug-likeness (QED) is 0.857. The minimum Gasteiger partial charge on any atom is -0.392 e. The molecule has 1 aliphatic heterocycles. The summed E-state index contributed by atoms with van der Waals surface area (Å²) in [6.07, 6.45) is 2.40. The van der Waals surface area contributed by atoms with Crippen molar-refractivity contribution >= 4 is 10.0 Å². The SMILES string of the molecule is Cc1ccc(CO)cc1S(=O)(=O)N(C)CCN1CCCC1. The van der Waals surface area contributed by atoms with Crippen molar-refractivity contribution in [3.63, 3.8) is 0 Å². The van der Waals surface area contributed by atoms with Crippen molar-refractivity contribution in [3.05, 3.63) is 29.3 Å². The highest BCUT2D eigenvalue weighted by atomic mass is 32.2. The molecule has 0 aliphatic carbocycles. The zero-order chi connectivity index (χ0) is 15.5. The molecule has 1 fully saturated rings. The lowest BCUT2D eigenvalue weighted by Gasteiger charge is -2.22. The van der Waals surface area contributed by atoms with E-state index in [4.69, 9.17) is 0 Å². The summed E-state index contributed by atoms with van der Waals surface area (Å²) in [5.74, 6) is 0. The standard InChI is InChI=1S/C15H24N2O3S/c1-13-5-6-14(12-18)11-15(13)21(19,20)16(2)9-10-17-7-3-4-8-17/h5-6,11,18H,3-4,7-10,12H2,1-2H3. The molecular formula is C15H24N2O3S. The van der Waals surface area contributed by atoms with Crippen molar-refractivity contribution in [1.82, 2.24) is 9.21 Å². The lowest BCUT2D eigenvalue weighted by Crippen LogP contribution is -2.35. The van der Waals surface area contributed by atoms with Gasteiger partial charge in [-0.2, -0.15) is 4.31 Å².